The van der Waals surface area contributed by atoms with Crippen LogP contribution in [0, 0.1) is 5.92 Å². The van der Waals surface area contributed by atoms with E-state index in [1.165, 1.54) is 42.1 Å². The van der Waals surface area contributed by atoms with Crippen LogP contribution >= 0.6 is 11.8 Å². The van der Waals surface area contributed by atoms with E-state index in [4.69, 9.17) is 0 Å². The lowest BCUT2D eigenvalue weighted by molar-refractivity contribution is 0.410. The molecule has 1 aromatic carbocycles. The molecule has 0 spiro atoms. The van der Waals surface area contributed by atoms with Crippen LogP contribution in [0.5, 0.6) is 0 Å². The molecule has 94 valence electrons. The molecular formula is C15H23NS. The van der Waals surface area contributed by atoms with Gasteiger partial charge in [0.2, 0.25) is 0 Å². The zero-order chi connectivity index (χ0) is 12.1. The molecule has 0 aromatic heterocycles. The van der Waals surface area contributed by atoms with Crippen LogP contribution in [-0.4, -0.2) is 18.8 Å². The van der Waals surface area contributed by atoms with E-state index in [9.17, 15) is 0 Å². The summed E-state index contributed by atoms with van der Waals surface area (Å²) in [4.78, 5) is 1.42. The molecule has 1 aromatic rings. The van der Waals surface area contributed by atoms with Gasteiger partial charge in [-0.25, -0.2) is 0 Å². The van der Waals surface area contributed by atoms with Crippen LogP contribution in [0.15, 0.2) is 29.2 Å². The third kappa shape index (κ3) is 4.04. The third-order valence-corrected chi connectivity index (χ3v) is 4.67. The second-order valence-corrected chi connectivity index (χ2v) is 6.34. The number of piperidine rings is 1. The highest BCUT2D eigenvalue weighted by molar-refractivity contribution is 7.99. The highest BCUT2D eigenvalue weighted by atomic mass is 32.2. The van der Waals surface area contributed by atoms with Gasteiger partial charge in [-0.15, -0.1) is 11.8 Å². The van der Waals surface area contributed by atoms with Crippen LogP contribution in [-0.2, 0) is 0 Å². The molecule has 0 saturated carbocycles. The normalized spacial score (nSPS) is 20.8. The fraction of sp³-hybridized carbons (Fsp3) is 0.600. The van der Waals surface area contributed by atoms with Gasteiger partial charge in [-0.1, -0.05) is 26.0 Å². The second-order valence-electron chi connectivity index (χ2n) is 5.25. The van der Waals surface area contributed by atoms with Crippen molar-refractivity contribution in [2.45, 2.75) is 37.5 Å². The first-order valence-corrected chi connectivity index (χ1v) is 7.67. The fourth-order valence-corrected chi connectivity index (χ4v) is 3.27. The number of hydrogen-bond donors (Lipinski definition) is 1. The van der Waals surface area contributed by atoms with Gasteiger partial charge in [-0.05, 0) is 55.5 Å². The fourth-order valence-electron chi connectivity index (χ4n) is 2.23. The maximum Gasteiger partial charge on any atom is 0.00722 e. The molecular weight excluding hydrogens is 226 g/mol. The maximum atomic E-state index is 3.48. The highest BCUT2D eigenvalue weighted by Gasteiger charge is 2.12. The van der Waals surface area contributed by atoms with Crippen molar-refractivity contribution < 1.29 is 0 Å². The third-order valence-electron chi connectivity index (χ3n) is 3.43. The van der Waals surface area contributed by atoms with E-state index in [0.29, 0.717) is 5.92 Å². The molecule has 1 aliphatic rings. The van der Waals surface area contributed by atoms with Crippen LogP contribution in [0.4, 0.5) is 0 Å². The van der Waals surface area contributed by atoms with Crippen LogP contribution in [0.1, 0.15) is 38.2 Å². The monoisotopic (exact) mass is 249 g/mol. The van der Waals surface area contributed by atoms with Crippen LogP contribution in [0.3, 0.4) is 0 Å². The Bertz CT molecular complexity index is 325. The summed E-state index contributed by atoms with van der Waals surface area (Å²) in [6.45, 7) is 6.91. The van der Waals surface area contributed by atoms with E-state index >= 15 is 0 Å². The number of hydrogen-bond acceptors (Lipinski definition) is 2. The Hall–Kier alpha value is -0.470. The van der Waals surface area contributed by atoms with Crippen molar-refractivity contribution in [3.05, 3.63) is 29.8 Å². The molecule has 1 aliphatic heterocycles. The summed E-state index contributed by atoms with van der Waals surface area (Å²) in [7, 11) is 0. The molecule has 1 N–H and O–H groups in total. The lowest BCUT2D eigenvalue weighted by Crippen LogP contribution is -2.30. The maximum absolute atomic E-state index is 3.48. The quantitative estimate of drug-likeness (QED) is 0.812. The van der Waals surface area contributed by atoms with Crippen LogP contribution < -0.4 is 5.32 Å². The van der Waals surface area contributed by atoms with E-state index in [1.54, 1.807) is 0 Å². The summed E-state index contributed by atoms with van der Waals surface area (Å²) in [6, 6.07) is 9.09. The molecule has 1 heterocycles. The minimum atomic E-state index is 0.636. The number of nitrogens with one attached hydrogen (secondary N) is 1. The first-order chi connectivity index (χ1) is 8.25. The molecule has 2 heteroatoms. The molecule has 17 heavy (non-hydrogen) atoms. The van der Waals surface area contributed by atoms with Gasteiger partial charge >= 0.3 is 0 Å². The molecule has 1 nitrogen and oxygen atoms in total. The van der Waals surface area contributed by atoms with Crippen molar-refractivity contribution in [1.29, 1.82) is 0 Å². The van der Waals surface area contributed by atoms with Crippen molar-refractivity contribution in [3.8, 4) is 0 Å². The Kier molecular flexibility index (Phi) is 4.93. The van der Waals surface area contributed by atoms with Crippen LogP contribution in [0.2, 0.25) is 0 Å². The minimum Gasteiger partial charge on any atom is -0.316 e. The zero-order valence-electron chi connectivity index (χ0n) is 10.9. The average molecular weight is 249 g/mol. The van der Waals surface area contributed by atoms with Gasteiger partial charge in [-0.3, -0.25) is 0 Å². The highest BCUT2D eigenvalue weighted by Crippen LogP contribution is 2.25. The van der Waals surface area contributed by atoms with Crippen LogP contribution in [0.25, 0.3) is 0 Å². The van der Waals surface area contributed by atoms with E-state index in [-0.39, 0.29) is 0 Å². The van der Waals surface area contributed by atoms with Crippen molar-refractivity contribution in [2.24, 2.45) is 5.92 Å². The predicted octanol–water partition coefficient (Wildman–Crippen LogP) is 3.90. The first kappa shape index (κ1) is 13.0. The molecule has 0 amide bonds. The summed E-state index contributed by atoms with van der Waals surface area (Å²) in [5.74, 6) is 2.75. The Morgan fingerprint density at radius 1 is 1.29 bits per heavy atom. The summed E-state index contributed by atoms with van der Waals surface area (Å²) in [5, 5.41) is 3.48. The van der Waals surface area contributed by atoms with Gasteiger partial charge in [0.1, 0.15) is 0 Å². The van der Waals surface area contributed by atoms with E-state index in [2.05, 4.69) is 43.4 Å². The molecule has 1 atom stereocenters. The Morgan fingerprint density at radius 2 is 2.06 bits per heavy atom. The second kappa shape index (κ2) is 6.46. The van der Waals surface area contributed by atoms with Gasteiger partial charge in [0.25, 0.3) is 0 Å². The number of rotatable bonds is 4. The van der Waals surface area contributed by atoms with Gasteiger partial charge < -0.3 is 5.32 Å². The Morgan fingerprint density at radius 3 is 2.65 bits per heavy atom. The van der Waals surface area contributed by atoms with Gasteiger partial charge in [0, 0.05) is 10.6 Å². The van der Waals surface area contributed by atoms with E-state index in [1.807, 2.05) is 11.8 Å². The molecule has 0 radical (unpaired) electrons. The Labute approximate surface area is 109 Å². The molecule has 0 bridgehead atoms. The van der Waals surface area contributed by atoms with Crippen molar-refractivity contribution in [3.63, 3.8) is 0 Å². The molecule has 1 fully saturated rings. The van der Waals surface area contributed by atoms with E-state index < -0.39 is 0 Å². The Balaban J connectivity index is 1.82. The average Bonchev–Trinajstić information content (AvgIpc) is 2.38. The molecule has 0 aliphatic carbocycles. The summed E-state index contributed by atoms with van der Waals surface area (Å²) >= 11 is 2.01. The SMILES string of the molecule is CC(C)c1ccc(SCC2CCCNC2)cc1. The first-order valence-electron chi connectivity index (χ1n) is 6.69. The predicted molar refractivity (Wildman–Crippen MR) is 76.8 cm³/mol. The lowest BCUT2D eigenvalue weighted by Gasteiger charge is -2.22. The smallest absolute Gasteiger partial charge is 0.00722 e. The topological polar surface area (TPSA) is 12.0 Å². The van der Waals surface area contributed by atoms with Crippen molar-refractivity contribution in [1.82, 2.24) is 5.32 Å². The summed E-state index contributed by atoms with van der Waals surface area (Å²) in [6.07, 6.45) is 2.74. The molecule has 1 unspecified atom stereocenters. The molecule has 1 saturated heterocycles. The summed E-state index contributed by atoms with van der Waals surface area (Å²) < 4.78 is 0. The van der Waals surface area contributed by atoms with E-state index in [0.717, 1.165) is 5.92 Å². The van der Waals surface area contributed by atoms with Gasteiger partial charge in [0.15, 0.2) is 0 Å². The number of thioether (sulfide) groups is 1. The molecule has 2 rings (SSSR count). The van der Waals surface area contributed by atoms with Gasteiger partial charge in [-0.2, -0.15) is 0 Å². The standard InChI is InChI=1S/C15H23NS/c1-12(2)14-5-7-15(8-6-14)17-11-13-4-3-9-16-10-13/h5-8,12-13,16H,3-4,9-11H2,1-2H3. The van der Waals surface area contributed by atoms with Gasteiger partial charge in [0.05, 0.1) is 0 Å². The largest absolute Gasteiger partial charge is 0.316 e. The minimum absolute atomic E-state index is 0.636. The zero-order valence-corrected chi connectivity index (χ0v) is 11.7. The number of benzene rings is 1. The van der Waals surface area contributed by atoms with Crippen molar-refractivity contribution in [2.75, 3.05) is 18.8 Å². The summed E-state index contributed by atoms with van der Waals surface area (Å²) in [5.41, 5.74) is 1.44. The lowest BCUT2D eigenvalue weighted by atomic mass is 10.0. The van der Waals surface area contributed by atoms with Crippen molar-refractivity contribution >= 4 is 11.8 Å².